The van der Waals surface area contributed by atoms with Crippen LogP contribution < -0.4 is 11.1 Å². The summed E-state index contributed by atoms with van der Waals surface area (Å²) in [6.07, 6.45) is 1.17. The lowest BCUT2D eigenvalue weighted by Gasteiger charge is -2.19. The fraction of sp³-hybridized carbons (Fsp3) is 0.500. The number of hydrogen-bond donors (Lipinski definition) is 2. The maximum atomic E-state index is 5.72. The summed E-state index contributed by atoms with van der Waals surface area (Å²) in [7, 11) is 0. The third kappa shape index (κ3) is 2.88. The summed E-state index contributed by atoms with van der Waals surface area (Å²) in [5.41, 5.74) is 7.99. The van der Waals surface area contributed by atoms with E-state index in [4.69, 9.17) is 10.5 Å². The van der Waals surface area contributed by atoms with Crippen LogP contribution in [-0.2, 0) is 11.3 Å². The smallest absolute Gasteiger partial charge is 0.181 e. The number of nitrogens with two attached hydrogens (primary N) is 1. The molecular formula is C14H19N3OS. The number of ether oxygens (including phenoxy) is 1. The van der Waals surface area contributed by atoms with Gasteiger partial charge in [-0.05, 0) is 37.0 Å². The van der Waals surface area contributed by atoms with E-state index in [1.807, 2.05) is 6.07 Å². The fourth-order valence-electron chi connectivity index (χ4n) is 2.49. The van der Waals surface area contributed by atoms with Crippen LogP contribution in [0.15, 0.2) is 18.2 Å². The molecule has 1 aliphatic heterocycles. The molecule has 0 amide bonds. The van der Waals surface area contributed by atoms with Gasteiger partial charge < -0.3 is 15.8 Å². The minimum absolute atomic E-state index is 0.490. The molecule has 1 aromatic carbocycles. The molecule has 3 N–H and O–H groups in total. The topological polar surface area (TPSA) is 60.2 Å². The van der Waals surface area contributed by atoms with Gasteiger partial charge in [0.1, 0.15) is 0 Å². The molecule has 102 valence electrons. The molecule has 0 radical (unpaired) electrons. The Morgan fingerprint density at radius 1 is 1.58 bits per heavy atom. The van der Waals surface area contributed by atoms with Crippen LogP contribution >= 0.6 is 11.3 Å². The van der Waals surface area contributed by atoms with E-state index in [1.165, 1.54) is 12.0 Å². The Balaban J connectivity index is 1.64. The monoisotopic (exact) mass is 277 g/mol. The van der Waals surface area contributed by atoms with E-state index in [9.17, 15) is 0 Å². The van der Waals surface area contributed by atoms with Gasteiger partial charge in [0, 0.05) is 19.2 Å². The number of aromatic nitrogens is 1. The maximum absolute atomic E-state index is 5.72. The van der Waals surface area contributed by atoms with Crippen LogP contribution in [0.2, 0.25) is 0 Å². The van der Waals surface area contributed by atoms with Crippen LogP contribution in [0.25, 0.3) is 10.2 Å². The minimum Gasteiger partial charge on any atom is -0.381 e. The lowest BCUT2D eigenvalue weighted by molar-refractivity contribution is 0.178. The summed E-state index contributed by atoms with van der Waals surface area (Å²) in [5, 5.41) is 4.22. The first kappa shape index (κ1) is 12.8. The predicted molar refractivity (Wildman–Crippen MR) is 79.3 cm³/mol. The summed E-state index contributed by atoms with van der Waals surface area (Å²) in [5.74, 6) is 0.641. The standard InChI is InChI=1S/C14H19N3OS/c1-9(11-4-5-18-8-11)16-7-10-2-3-12-13(6-10)19-14(15)17-12/h2-3,6,9,11,16H,4-5,7-8H2,1H3,(H2,15,17). The van der Waals surface area contributed by atoms with Gasteiger partial charge in [-0.3, -0.25) is 0 Å². The van der Waals surface area contributed by atoms with Gasteiger partial charge in [-0.1, -0.05) is 17.4 Å². The average molecular weight is 277 g/mol. The van der Waals surface area contributed by atoms with Crippen molar-refractivity contribution in [3.05, 3.63) is 23.8 Å². The first-order chi connectivity index (χ1) is 9.22. The van der Waals surface area contributed by atoms with E-state index in [2.05, 4.69) is 29.4 Å². The molecule has 1 aliphatic rings. The summed E-state index contributed by atoms with van der Waals surface area (Å²) in [4.78, 5) is 4.27. The second-order valence-electron chi connectivity index (χ2n) is 5.15. The van der Waals surface area contributed by atoms with Crippen molar-refractivity contribution in [3.8, 4) is 0 Å². The molecule has 0 spiro atoms. The molecule has 4 nitrogen and oxygen atoms in total. The number of benzene rings is 1. The third-order valence-corrected chi connectivity index (χ3v) is 4.62. The van der Waals surface area contributed by atoms with Gasteiger partial charge in [0.05, 0.1) is 16.8 Å². The highest BCUT2D eigenvalue weighted by Gasteiger charge is 2.21. The maximum Gasteiger partial charge on any atom is 0.181 e. The molecule has 2 unspecified atom stereocenters. The van der Waals surface area contributed by atoms with Crippen LogP contribution in [0.4, 0.5) is 5.13 Å². The highest BCUT2D eigenvalue weighted by Crippen LogP contribution is 2.24. The van der Waals surface area contributed by atoms with E-state index in [-0.39, 0.29) is 0 Å². The molecule has 2 heterocycles. The van der Waals surface area contributed by atoms with Crippen molar-refractivity contribution in [1.29, 1.82) is 0 Å². The lowest BCUT2D eigenvalue weighted by Crippen LogP contribution is -2.33. The first-order valence-electron chi connectivity index (χ1n) is 6.68. The van der Waals surface area contributed by atoms with Crippen LogP contribution in [0.5, 0.6) is 0 Å². The molecule has 2 aromatic rings. The molecular weight excluding hydrogens is 258 g/mol. The molecule has 0 aliphatic carbocycles. The Morgan fingerprint density at radius 3 is 3.26 bits per heavy atom. The Bertz CT molecular complexity index is 563. The van der Waals surface area contributed by atoms with Crippen molar-refractivity contribution >= 4 is 26.7 Å². The fourth-order valence-corrected chi connectivity index (χ4v) is 3.29. The molecule has 0 saturated carbocycles. The van der Waals surface area contributed by atoms with Crippen molar-refractivity contribution in [3.63, 3.8) is 0 Å². The molecule has 1 fully saturated rings. The summed E-state index contributed by atoms with van der Waals surface area (Å²) in [6.45, 7) is 4.91. The number of thiazole rings is 1. The van der Waals surface area contributed by atoms with Crippen molar-refractivity contribution in [2.24, 2.45) is 5.92 Å². The molecule has 1 saturated heterocycles. The summed E-state index contributed by atoms with van der Waals surface area (Å²) >= 11 is 1.54. The van der Waals surface area contributed by atoms with Gasteiger partial charge in [0.25, 0.3) is 0 Å². The second-order valence-corrected chi connectivity index (χ2v) is 6.21. The Kier molecular flexibility index (Phi) is 3.68. The second kappa shape index (κ2) is 5.45. The van der Waals surface area contributed by atoms with E-state index >= 15 is 0 Å². The molecule has 5 heteroatoms. The van der Waals surface area contributed by atoms with Gasteiger partial charge in [-0.2, -0.15) is 0 Å². The minimum atomic E-state index is 0.490. The Labute approximate surface area is 117 Å². The third-order valence-electron chi connectivity index (χ3n) is 3.77. The zero-order valence-corrected chi connectivity index (χ0v) is 11.9. The van der Waals surface area contributed by atoms with Crippen molar-refractivity contribution in [1.82, 2.24) is 10.3 Å². The van der Waals surface area contributed by atoms with E-state index in [0.717, 1.165) is 30.0 Å². The number of rotatable bonds is 4. The van der Waals surface area contributed by atoms with Gasteiger partial charge in [-0.25, -0.2) is 4.98 Å². The Morgan fingerprint density at radius 2 is 2.47 bits per heavy atom. The van der Waals surface area contributed by atoms with Crippen molar-refractivity contribution in [2.75, 3.05) is 18.9 Å². The number of hydrogen-bond acceptors (Lipinski definition) is 5. The number of anilines is 1. The number of nitrogens with zero attached hydrogens (tertiary/aromatic N) is 1. The van der Waals surface area contributed by atoms with E-state index < -0.39 is 0 Å². The van der Waals surface area contributed by atoms with Crippen LogP contribution in [0, 0.1) is 5.92 Å². The molecule has 3 rings (SSSR count). The molecule has 19 heavy (non-hydrogen) atoms. The van der Waals surface area contributed by atoms with E-state index in [1.54, 1.807) is 11.3 Å². The quantitative estimate of drug-likeness (QED) is 0.901. The normalized spacial score (nSPS) is 21.0. The van der Waals surface area contributed by atoms with Crippen LogP contribution in [0.1, 0.15) is 18.9 Å². The van der Waals surface area contributed by atoms with Gasteiger partial charge in [-0.15, -0.1) is 0 Å². The van der Waals surface area contributed by atoms with Crippen LogP contribution in [-0.4, -0.2) is 24.2 Å². The predicted octanol–water partition coefficient (Wildman–Crippen LogP) is 2.39. The summed E-state index contributed by atoms with van der Waals surface area (Å²) < 4.78 is 6.59. The highest BCUT2D eigenvalue weighted by atomic mass is 32.1. The van der Waals surface area contributed by atoms with Gasteiger partial charge in [0.15, 0.2) is 5.13 Å². The number of fused-ring (bicyclic) bond motifs is 1. The average Bonchev–Trinajstić information content (AvgIpc) is 3.03. The van der Waals surface area contributed by atoms with Gasteiger partial charge >= 0.3 is 0 Å². The number of nitrogen functional groups attached to an aromatic ring is 1. The van der Waals surface area contributed by atoms with Crippen LogP contribution in [0.3, 0.4) is 0 Å². The van der Waals surface area contributed by atoms with E-state index in [0.29, 0.717) is 17.1 Å². The first-order valence-corrected chi connectivity index (χ1v) is 7.50. The van der Waals surface area contributed by atoms with Crippen molar-refractivity contribution in [2.45, 2.75) is 25.9 Å². The lowest BCUT2D eigenvalue weighted by atomic mass is 10.0. The largest absolute Gasteiger partial charge is 0.381 e. The molecule has 1 aromatic heterocycles. The zero-order chi connectivity index (χ0) is 13.2. The number of nitrogens with one attached hydrogen (secondary N) is 1. The summed E-state index contributed by atoms with van der Waals surface area (Å²) in [6, 6.07) is 6.83. The SMILES string of the molecule is CC(NCc1ccc2nc(N)sc2c1)C1CCOC1. The highest BCUT2D eigenvalue weighted by molar-refractivity contribution is 7.22. The zero-order valence-electron chi connectivity index (χ0n) is 11.1. The Hall–Kier alpha value is -1.17. The van der Waals surface area contributed by atoms with Crippen molar-refractivity contribution < 1.29 is 4.74 Å². The molecule has 0 bridgehead atoms. The molecule has 2 atom stereocenters. The van der Waals surface area contributed by atoms with Gasteiger partial charge in [0.2, 0.25) is 0 Å².